The summed E-state index contributed by atoms with van der Waals surface area (Å²) in [5, 5.41) is 6.35. The van der Waals surface area contributed by atoms with Gasteiger partial charge in [-0.15, -0.1) is 24.0 Å². The third-order valence-corrected chi connectivity index (χ3v) is 2.72. The number of hydrogen-bond donors (Lipinski definition) is 2. The molecule has 3 nitrogen and oxygen atoms in total. The molecule has 0 heterocycles. The topological polar surface area (TPSA) is 36.4 Å². The van der Waals surface area contributed by atoms with Gasteiger partial charge in [-0.05, 0) is 17.4 Å². The van der Waals surface area contributed by atoms with Crippen LogP contribution in [-0.4, -0.2) is 26.6 Å². The molecule has 0 amide bonds. The Balaban J connectivity index is 0.00000289. The maximum Gasteiger partial charge on any atom is 0.190 e. The molecular weight excluding hydrogens is 337 g/mol. The van der Waals surface area contributed by atoms with E-state index >= 15 is 0 Å². The fourth-order valence-corrected chi connectivity index (χ4v) is 1.81. The molecule has 2 N–H and O–H groups in total. The number of nitrogens with zero attached hydrogens (tertiary/aromatic N) is 1. The summed E-state index contributed by atoms with van der Waals surface area (Å²) < 4.78 is 0. The van der Waals surface area contributed by atoms with E-state index in [9.17, 15) is 0 Å². The summed E-state index contributed by atoms with van der Waals surface area (Å²) in [5.41, 5.74) is 1.58. The van der Waals surface area contributed by atoms with Gasteiger partial charge in [0.25, 0.3) is 0 Å². The second-order valence-electron chi connectivity index (χ2n) is 5.00. The number of hydrogen-bond acceptors (Lipinski definition) is 1. The van der Waals surface area contributed by atoms with Crippen molar-refractivity contribution in [3.63, 3.8) is 0 Å². The van der Waals surface area contributed by atoms with Crippen LogP contribution in [0.5, 0.6) is 0 Å². The Labute approximate surface area is 127 Å². The van der Waals surface area contributed by atoms with Crippen LogP contribution in [0.25, 0.3) is 0 Å². The zero-order chi connectivity index (χ0) is 12.7. The Morgan fingerprint density at radius 1 is 1.22 bits per heavy atom. The summed E-state index contributed by atoms with van der Waals surface area (Å²) >= 11 is 0. The van der Waals surface area contributed by atoms with E-state index in [2.05, 4.69) is 59.8 Å². The molecule has 1 aromatic carbocycles. The maximum atomic E-state index is 4.11. The standard InChI is InChI=1S/C14H23N3.HI/c1-14(2,11-17-13(15-3)16-4)10-12-8-6-5-7-9-12;/h5-9H,10-11H2,1-4H3,(H2,15,16,17);1H. The zero-order valence-electron chi connectivity index (χ0n) is 11.7. The van der Waals surface area contributed by atoms with Crippen molar-refractivity contribution in [3.8, 4) is 0 Å². The first-order valence-electron chi connectivity index (χ1n) is 6.00. The van der Waals surface area contributed by atoms with Crippen molar-refractivity contribution in [2.24, 2.45) is 10.4 Å². The summed E-state index contributed by atoms with van der Waals surface area (Å²) in [6, 6.07) is 10.6. The Kier molecular flexibility index (Phi) is 7.98. The number of aliphatic imine (C=N–C) groups is 1. The van der Waals surface area contributed by atoms with Gasteiger partial charge in [0.15, 0.2) is 5.96 Å². The highest BCUT2D eigenvalue weighted by Gasteiger charge is 2.18. The third-order valence-electron chi connectivity index (χ3n) is 2.72. The van der Waals surface area contributed by atoms with E-state index in [1.165, 1.54) is 5.56 Å². The van der Waals surface area contributed by atoms with Crippen LogP contribution in [0.15, 0.2) is 35.3 Å². The van der Waals surface area contributed by atoms with E-state index < -0.39 is 0 Å². The van der Waals surface area contributed by atoms with Gasteiger partial charge >= 0.3 is 0 Å². The van der Waals surface area contributed by atoms with Gasteiger partial charge in [-0.2, -0.15) is 0 Å². The minimum atomic E-state index is 0. The first-order chi connectivity index (χ1) is 8.07. The largest absolute Gasteiger partial charge is 0.359 e. The molecule has 102 valence electrons. The first kappa shape index (κ1) is 17.2. The third kappa shape index (κ3) is 6.23. The van der Waals surface area contributed by atoms with E-state index in [-0.39, 0.29) is 29.4 Å². The Bertz CT molecular complexity index is 361. The number of nitrogens with one attached hydrogen (secondary N) is 2. The molecule has 0 unspecified atom stereocenters. The van der Waals surface area contributed by atoms with E-state index in [0.717, 1.165) is 18.9 Å². The minimum Gasteiger partial charge on any atom is -0.359 e. The van der Waals surface area contributed by atoms with Crippen molar-refractivity contribution in [2.75, 3.05) is 20.6 Å². The molecule has 0 fully saturated rings. The summed E-state index contributed by atoms with van der Waals surface area (Å²) in [6.07, 6.45) is 1.06. The van der Waals surface area contributed by atoms with Gasteiger partial charge in [-0.25, -0.2) is 0 Å². The molecule has 0 aromatic heterocycles. The van der Waals surface area contributed by atoms with Gasteiger partial charge in [0, 0.05) is 20.6 Å². The lowest BCUT2D eigenvalue weighted by atomic mass is 9.86. The summed E-state index contributed by atoms with van der Waals surface area (Å²) in [5.74, 6) is 0.839. The first-order valence-corrected chi connectivity index (χ1v) is 6.00. The maximum absolute atomic E-state index is 4.11. The second kappa shape index (κ2) is 8.34. The van der Waals surface area contributed by atoms with Crippen molar-refractivity contribution in [1.29, 1.82) is 0 Å². The van der Waals surface area contributed by atoms with Crippen LogP contribution in [0.3, 0.4) is 0 Å². The van der Waals surface area contributed by atoms with Gasteiger partial charge in [-0.3, -0.25) is 4.99 Å². The Morgan fingerprint density at radius 2 is 1.83 bits per heavy atom. The predicted molar refractivity (Wildman–Crippen MR) is 89.8 cm³/mol. The van der Waals surface area contributed by atoms with Gasteiger partial charge < -0.3 is 10.6 Å². The lowest BCUT2D eigenvalue weighted by molar-refractivity contribution is 0.359. The number of benzene rings is 1. The SMILES string of the molecule is CN=C(NC)NCC(C)(C)Cc1ccccc1.I. The molecule has 18 heavy (non-hydrogen) atoms. The molecule has 0 aliphatic heterocycles. The molecule has 4 heteroatoms. The number of halogens is 1. The molecule has 0 saturated heterocycles. The van der Waals surface area contributed by atoms with Crippen molar-refractivity contribution in [2.45, 2.75) is 20.3 Å². The quantitative estimate of drug-likeness (QED) is 0.492. The smallest absolute Gasteiger partial charge is 0.190 e. The van der Waals surface area contributed by atoms with Crippen LogP contribution >= 0.6 is 24.0 Å². The van der Waals surface area contributed by atoms with E-state index in [1.807, 2.05) is 7.05 Å². The lowest BCUT2D eigenvalue weighted by Crippen LogP contribution is -2.41. The summed E-state index contributed by atoms with van der Waals surface area (Å²) in [7, 11) is 3.66. The van der Waals surface area contributed by atoms with Crippen LogP contribution in [0.1, 0.15) is 19.4 Å². The van der Waals surface area contributed by atoms with Crippen LogP contribution in [0.4, 0.5) is 0 Å². The van der Waals surface area contributed by atoms with Crippen molar-refractivity contribution in [1.82, 2.24) is 10.6 Å². The van der Waals surface area contributed by atoms with Gasteiger partial charge in [-0.1, -0.05) is 44.2 Å². The van der Waals surface area contributed by atoms with Crippen LogP contribution in [0, 0.1) is 5.41 Å². The van der Waals surface area contributed by atoms with Gasteiger partial charge in [0.05, 0.1) is 0 Å². The molecule has 1 rings (SSSR count). The monoisotopic (exact) mass is 361 g/mol. The molecule has 0 aliphatic carbocycles. The molecule has 1 aromatic rings. The Morgan fingerprint density at radius 3 is 2.33 bits per heavy atom. The van der Waals surface area contributed by atoms with E-state index in [1.54, 1.807) is 7.05 Å². The van der Waals surface area contributed by atoms with Gasteiger partial charge in [0.2, 0.25) is 0 Å². The van der Waals surface area contributed by atoms with Crippen LogP contribution < -0.4 is 10.6 Å². The zero-order valence-corrected chi connectivity index (χ0v) is 14.0. The average Bonchev–Trinajstić information content (AvgIpc) is 2.31. The summed E-state index contributed by atoms with van der Waals surface area (Å²) in [4.78, 5) is 4.11. The van der Waals surface area contributed by atoms with Crippen LogP contribution in [-0.2, 0) is 6.42 Å². The highest BCUT2D eigenvalue weighted by atomic mass is 127. The predicted octanol–water partition coefficient (Wildman–Crippen LogP) is 2.67. The molecule has 0 spiro atoms. The molecule has 0 radical (unpaired) electrons. The lowest BCUT2D eigenvalue weighted by Gasteiger charge is -2.26. The highest BCUT2D eigenvalue weighted by Crippen LogP contribution is 2.20. The normalized spacial score (nSPS) is 11.7. The second-order valence-corrected chi connectivity index (χ2v) is 5.00. The highest BCUT2D eigenvalue weighted by molar-refractivity contribution is 14.0. The fraction of sp³-hybridized carbons (Fsp3) is 0.500. The van der Waals surface area contributed by atoms with Gasteiger partial charge in [0.1, 0.15) is 0 Å². The fourth-order valence-electron chi connectivity index (χ4n) is 1.81. The van der Waals surface area contributed by atoms with Crippen molar-refractivity contribution in [3.05, 3.63) is 35.9 Å². The molecule has 0 bridgehead atoms. The molecule has 0 atom stereocenters. The summed E-state index contributed by atoms with van der Waals surface area (Å²) in [6.45, 7) is 5.42. The minimum absolute atomic E-state index is 0. The molecule has 0 aliphatic rings. The molecule has 0 saturated carbocycles. The average molecular weight is 361 g/mol. The van der Waals surface area contributed by atoms with E-state index in [0.29, 0.717) is 0 Å². The van der Waals surface area contributed by atoms with Crippen molar-refractivity contribution < 1.29 is 0 Å². The van der Waals surface area contributed by atoms with Crippen molar-refractivity contribution >= 4 is 29.9 Å². The Hall–Kier alpha value is -0.780. The van der Waals surface area contributed by atoms with Crippen LogP contribution in [0.2, 0.25) is 0 Å². The van der Waals surface area contributed by atoms with E-state index in [4.69, 9.17) is 0 Å². The number of guanidine groups is 1. The number of rotatable bonds is 4. The molecular formula is C14H24IN3.